The van der Waals surface area contributed by atoms with Crippen molar-refractivity contribution >= 4 is 29.9 Å². The Kier molecular flexibility index (Phi) is 3.95. The van der Waals surface area contributed by atoms with Gasteiger partial charge in [0.25, 0.3) is 0 Å². The fourth-order valence-corrected chi connectivity index (χ4v) is 4.17. The summed E-state index contributed by atoms with van der Waals surface area (Å²) in [6.07, 6.45) is 7.67. The van der Waals surface area contributed by atoms with Crippen LogP contribution in [0, 0.1) is 11.8 Å². The van der Waals surface area contributed by atoms with Crippen molar-refractivity contribution < 1.29 is 4.74 Å². The Bertz CT molecular complexity index is 354. The zero-order chi connectivity index (χ0) is 12.1. The van der Waals surface area contributed by atoms with Gasteiger partial charge in [0, 0.05) is 38.0 Å². The molecule has 3 saturated heterocycles. The maximum absolute atomic E-state index is 6.03. The predicted octanol–water partition coefficient (Wildman–Crippen LogP) is 1.84. The second-order valence-electron chi connectivity index (χ2n) is 6.34. The average Bonchev–Trinajstić information content (AvgIpc) is 2.99. The van der Waals surface area contributed by atoms with Gasteiger partial charge in [-0.25, -0.2) is 0 Å². The summed E-state index contributed by atoms with van der Waals surface area (Å²) in [5, 5.41) is 3.62. The number of guanidine groups is 1. The Balaban J connectivity index is 0.00000110. The van der Waals surface area contributed by atoms with Crippen LogP contribution in [0.4, 0.5) is 0 Å². The molecule has 5 heteroatoms. The maximum Gasteiger partial charge on any atom is 0.193 e. The lowest BCUT2D eigenvalue weighted by Crippen LogP contribution is -2.48. The SMILES string of the molecule is CN=C(NC1CCC1)N1CC2C3CCC(O3)C2C1.I. The van der Waals surface area contributed by atoms with Gasteiger partial charge in [-0.05, 0) is 32.1 Å². The quantitative estimate of drug-likeness (QED) is 0.431. The first-order valence-corrected chi connectivity index (χ1v) is 7.49. The molecule has 3 heterocycles. The Labute approximate surface area is 132 Å². The number of nitrogens with zero attached hydrogens (tertiary/aromatic N) is 2. The van der Waals surface area contributed by atoms with Gasteiger partial charge in [-0.2, -0.15) is 0 Å². The van der Waals surface area contributed by atoms with E-state index in [-0.39, 0.29) is 24.0 Å². The van der Waals surface area contributed by atoms with E-state index in [4.69, 9.17) is 4.74 Å². The second-order valence-corrected chi connectivity index (χ2v) is 6.34. The Morgan fingerprint density at radius 3 is 2.21 bits per heavy atom. The van der Waals surface area contributed by atoms with Gasteiger partial charge in [-0.3, -0.25) is 4.99 Å². The molecule has 0 amide bonds. The summed E-state index contributed by atoms with van der Waals surface area (Å²) < 4.78 is 6.03. The standard InChI is InChI=1S/C14H23N3O.HI/c1-15-14(16-9-3-2-4-9)17-7-10-11(8-17)13-6-5-12(10)18-13;/h9-13H,2-8H2,1H3,(H,15,16);1H. The van der Waals surface area contributed by atoms with Gasteiger partial charge in [0.15, 0.2) is 5.96 Å². The molecule has 108 valence electrons. The summed E-state index contributed by atoms with van der Waals surface area (Å²) >= 11 is 0. The zero-order valence-corrected chi connectivity index (χ0v) is 13.9. The highest BCUT2D eigenvalue weighted by molar-refractivity contribution is 14.0. The van der Waals surface area contributed by atoms with Crippen molar-refractivity contribution in [3.8, 4) is 0 Å². The van der Waals surface area contributed by atoms with Crippen LogP contribution in [0.5, 0.6) is 0 Å². The number of likely N-dealkylation sites (tertiary alicyclic amines) is 1. The first kappa shape index (κ1) is 13.9. The minimum atomic E-state index is 0. The van der Waals surface area contributed by atoms with Crippen molar-refractivity contribution in [3.63, 3.8) is 0 Å². The van der Waals surface area contributed by atoms with Gasteiger partial charge < -0.3 is 15.0 Å². The van der Waals surface area contributed by atoms with E-state index in [0.29, 0.717) is 18.2 Å². The number of hydrogen-bond acceptors (Lipinski definition) is 2. The summed E-state index contributed by atoms with van der Waals surface area (Å²) in [6, 6.07) is 0.678. The van der Waals surface area contributed by atoms with Crippen molar-refractivity contribution in [2.24, 2.45) is 16.8 Å². The third-order valence-electron chi connectivity index (χ3n) is 5.40. The fourth-order valence-electron chi connectivity index (χ4n) is 4.17. The molecule has 2 bridgehead atoms. The van der Waals surface area contributed by atoms with Gasteiger partial charge in [-0.15, -0.1) is 24.0 Å². The molecule has 4 fully saturated rings. The Morgan fingerprint density at radius 2 is 1.74 bits per heavy atom. The molecule has 1 N–H and O–H groups in total. The molecule has 0 aromatic rings. The highest BCUT2D eigenvalue weighted by Crippen LogP contribution is 2.47. The van der Waals surface area contributed by atoms with Gasteiger partial charge in [-0.1, -0.05) is 0 Å². The highest BCUT2D eigenvalue weighted by atomic mass is 127. The minimum Gasteiger partial charge on any atom is -0.374 e. The molecule has 4 nitrogen and oxygen atoms in total. The van der Waals surface area contributed by atoms with Crippen molar-refractivity contribution in [2.75, 3.05) is 20.1 Å². The van der Waals surface area contributed by atoms with Crippen LogP contribution in [0.3, 0.4) is 0 Å². The number of hydrogen-bond donors (Lipinski definition) is 1. The van der Waals surface area contributed by atoms with Crippen LogP contribution in [-0.4, -0.2) is 49.2 Å². The van der Waals surface area contributed by atoms with Crippen molar-refractivity contribution in [1.82, 2.24) is 10.2 Å². The van der Waals surface area contributed by atoms with E-state index < -0.39 is 0 Å². The predicted molar refractivity (Wildman–Crippen MR) is 86.0 cm³/mol. The van der Waals surface area contributed by atoms with Crippen LogP contribution in [0.15, 0.2) is 4.99 Å². The molecular formula is C14H24IN3O. The molecule has 0 spiro atoms. The molecule has 0 aromatic carbocycles. The molecule has 4 unspecified atom stereocenters. The lowest BCUT2D eigenvalue weighted by molar-refractivity contribution is 0.0766. The first-order valence-electron chi connectivity index (χ1n) is 7.49. The second kappa shape index (κ2) is 5.39. The minimum absolute atomic E-state index is 0. The summed E-state index contributed by atoms with van der Waals surface area (Å²) in [5.41, 5.74) is 0. The summed E-state index contributed by atoms with van der Waals surface area (Å²) in [4.78, 5) is 6.95. The summed E-state index contributed by atoms with van der Waals surface area (Å²) in [6.45, 7) is 2.30. The topological polar surface area (TPSA) is 36.9 Å². The van der Waals surface area contributed by atoms with E-state index in [1.807, 2.05) is 7.05 Å². The number of aliphatic imine (C=N–C) groups is 1. The van der Waals surface area contributed by atoms with E-state index in [0.717, 1.165) is 30.9 Å². The molecule has 4 atom stereocenters. The van der Waals surface area contributed by atoms with Gasteiger partial charge in [0.05, 0.1) is 12.2 Å². The monoisotopic (exact) mass is 377 g/mol. The molecule has 19 heavy (non-hydrogen) atoms. The third-order valence-corrected chi connectivity index (χ3v) is 5.40. The van der Waals surface area contributed by atoms with E-state index in [1.54, 1.807) is 0 Å². The van der Waals surface area contributed by atoms with Crippen molar-refractivity contribution in [1.29, 1.82) is 0 Å². The zero-order valence-electron chi connectivity index (χ0n) is 11.5. The van der Waals surface area contributed by atoms with Crippen molar-refractivity contribution in [3.05, 3.63) is 0 Å². The van der Waals surface area contributed by atoms with E-state index in [1.165, 1.54) is 32.1 Å². The molecule has 0 aromatic heterocycles. The van der Waals surface area contributed by atoms with Gasteiger partial charge >= 0.3 is 0 Å². The molecule has 4 rings (SSSR count). The molecule has 1 saturated carbocycles. The molecule has 3 aliphatic heterocycles. The lowest BCUT2D eigenvalue weighted by Gasteiger charge is -2.32. The number of ether oxygens (including phenoxy) is 1. The first-order chi connectivity index (χ1) is 8.85. The lowest BCUT2D eigenvalue weighted by atomic mass is 9.82. The largest absolute Gasteiger partial charge is 0.374 e. The van der Waals surface area contributed by atoms with Crippen LogP contribution >= 0.6 is 24.0 Å². The summed E-state index contributed by atoms with van der Waals surface area (Å²) in [7, 11) is 1.92. The van der Waals surface area contributed by atoms with Gasteiger partial charge in [0.1, 0.15) is 0 Å². The average molecular weight is 377 g/mol. The van der Waals surface area contributed by atoms with Crippen LogP contribution in [0.25, 0.3) is 0 Å². The van der Waals surface area contributed by atoms with Gasteiger partial charge in [0.2, 0.25) is 0 Å². The number of nitrogens with one attached hydrogen (secondary N) is 1. The number of fused-ring (bicyclic) bond motifs is 5. The third kappa shape index (κ3) is 2.26. The number of rotatable bonds is 1. The van der Waals surface area contributed by atoms with E-state index >= 15 is 0 Å². The van der Waals surface area contributed by atoms with Crippen LogP contribution in [-0.2, 0) is 4.74 Å². The van der Waals surface area contributed by atoms with Crippen LogP contribution in [0.2, 0.25) is 0 Å². The highest BCUT2D eigenvalue weighted by Gasteiger charge is 2.53. The maximum atomic E-state index is 6.03. The Morgan fingerprint density at radius 1 is 1.11 bits per heavy atom. The summed E-state index contributed by atoms with van der Waals surface area (Å²) in [5.74, 6) is 2.67. The fraction of sp³-hybridized carbons (Fsp3) is 0.929. The van der Waals surface area contributed by atoms with Crippen LogP contribution < -0.4 is 5.32 Å². The normalized spacial score (nSPS) is 40.9. The van der Waals surface area contributed by atoms with Crippen molar-refractivity contribution in [2.45, 2.75) is 50.4 Å². The molecular weight excluding hydrogens is 353 g/mol. The smallest absolute Gasteiger partial charge is 0.193 e. The van der Waals surface area contributed by atoms with Crippen LogP contribution in [0.1, 0.15) is 32.1 Å². The number of halogens is 1. The molecule has 4 aliphatic rings. The molecule has 0 radical (unpaired) electrons. The van der Waals surface area contributed by atoms with E-state index in [2.05, 4.69) is 15.2 Å². The molecule has 1 aliphatic carbocycles. The van der Waals surface area contributed by atoms with E-state index in [9.17, 15) is 0 Å². The Hall–Kier alpha value is -0.0400.